The lowest BCUT2D eigenvalue weighted by atomic mass is 10.0. The summed E-state index contributed by atoms with van der Waals surface area (Å²) in [5, 5.41) is 3.58. The van der Waals surface area contributed by atoms with E-state index in [1.807, 2.05) is 17.9 Å². The summed E-state index contributed by atoms with van der Waals surface area (Å²) in [4.78, 5) is 6.08. The zero-order valence-electron chi connectivity index (χ0n) is 11.7. The Balaban J connectivity index is 1.89. The van der Waals surface area contributed by atoms with Gasteiger partial charge in [-0.1, -0.05) is 0 Å². The predicted octanol–water partition coefficient (Wildman–Crippen LogP) is 0.915. The molecule has 0 saturated carbocycles. The molecule has 0 bridgehead atoms. The summed E-state index contributed by atoms with van der Waals surface area (Å²) >= 11 is 5.27. The monoisotopic (exact) mass is 331 g/mol. The van der Waals surface area contributed by atoms with E-state index >= 15 is 0 Å². The number of rotatable bonds is 4. The first-order valence-electron chi connectivity index (χ1n) is 6.31. The Kier molecular flexibility index (Phi) is 4.64. The van der Waals surface area contributed by atoms with Crippen LogP contribution in [0.15, 0.2) is 12.1 Å². The highest BCUT2D eigenvalue weighted by Gasteiger charge is 2.31. The van der Waals surface area contributed by atoms with Crippen LogP contribution in [0.5, 0.6) is 5.88 Å². The van der Waals surface area contributed by atoms with Crippen LogP contribution in [0, 0.1) is 12.8 Å². The zero-order chi connectivity index (χ0) is 15.6. The summed E-state index contributed by atoms with van der Waals surface area (Å²) in [6.45, 7) is 2.85. The van der Waals surface area contributed by atoms with Crippen molar-refractivity contribution < 1.29 is 17.7 Å². The van der Waals surface area contributed by atoms with Gasteiger partial charge in [0.2, 0.25) is 5.88 Å². The Morgan fingerprint density at radius 3 is 2.76 bits per heavy atom. The molecule has 0 radical (unpaired) electrons. The Labute approximate surface area is 129 Å². The van der Waals surface area contributed by atoms with Gasteiger partial charge in [0, 0.05) is 25.1 Å². The smallest absolute Gasteiger partial charge is 0.265 e. The minimum atomic E-state index is -3.92. The number of pyridine rings is 1. The summed E-state index contributed by atoms with van der Waals surface area (Å²) in [5.74, 6) is 0.214. The molecule has 1 aromatic heterocycles. The number of nitrogens with zero attached hydrogens (tertiary/aromatic N) is 2. The average Bonchev–Trinajstić information content (AvgIpc) is 2.34. The number of hydrogen-bond donors (Lipinski definition) is 2. The number of thiocarbonyl (C=S) groups is 1. The van der Waals surface area contributed by atoms with E-state index in [-0.39, 0.29) is 11.7 Å². The van der Waals surface area contributed by atoms with Crippen molar-refractivity contribution >= 4 is 33.1 Å². The largest absolute Gasteiger partial charge is 0.481 e. The van der Waals surface area contributed by atoms with E-state index in [1.54, 1.807) is 13.2 Å². The van der Waals surface area contributed by atoms with Crippen LogP contribution in [-0.2, 0) is 10.1 Å². The van der Waals surface area contributed by atoms with Crippen LogP contribution in [0.1, 0.15) is 5.69 Å². The van der Waals surface area contributed by atoms with Crippen LogP contribution < -0.4 is 10.1 Å². The van der Waals surface area contributed by atoms with Gasteiger partial charge in [0.05, 0.1) is 24.2 Å². The Bertz CT molecular complexity index is 642. The third-order valence-corrected chi connectivity index (χ3v) is 4.45. The van der Waals surface area contributed by atoms with Crippen LogP contribution in [0.25, 0.3) is 0 Å². The number of nitrogens with one attached hydrogen (secondary N) is 1. The van der Waals surface area contributed by atoms with Gasteiger partial charge in [0.25, 0.3) is 10.1 Å². The van der Waals surface area contributed by atoms with Gasteiger partial charge in [0.1, 0.15) is 0 Å². The highest BCUT2D eigenvalue weighted by molar-refractivity contribution is 7.85. The van der Waals surface area contributed by atoms with E-state index in [2.05, 4.69) is 10.3 Å². The van der Waals surface area contributed by atoms with Gasteiger partial charge in [-0.2, -0.15) is 8.42 Å². The molecule has 7 nitrogen and oxygen atoms in total. The maximum absolute atomic E-state index is 10.8. The molecule has 21 heavy (non-hydrogen) atoms. The van der Waals surface area contributed by atoms with Crippen molar-refractivity contribution in [3.8, 4) is 5.88 Å². The van der Waals surface area contributed by atoms with Gasteiger partial charge < -0.3 is 15.0 Å². The number of aryl methyl sites for hydroxylation is 1. The summed E-state index contributed by atoms with van der Waals surface area (Å²) in [7, 11) is -2.37. The molecule has 1 saturated heterocycles. The first kappa shape index (κ1) is 15.9. The molecular formula is C12H17N3O4S2. The van der Waals surface area contributed by atoms with Crippen molar-refractivity contribution in [2.24, 2.45) is 5.92 Å². The standard InChI is InChI=1S/C12H17N3O4S2/c1-8-10(3-4-11(13-8)19-2)14-12(20)15-5-9(6-15)7-21(16,17)18/h3-4,9H,5-7H2,1-2H3,(H,14,20)(H,16,17,18). The molecule has 9 heteroatoms. The highest BCUT2D eigenvalue weighted by atomic mass is 32.2. The second-order valence-corrected chi connectivity index (χ2v) is 6.82. The fraction of sp³-hybridized carbons (Fsp3) is 0.500. The predicted molar refractivity (Wildman–Crippen MR) is 83.2 cm³/mol. The van der Waals surface area contributed by atoms with Crippen molar-refractivity contribution in [2.45, 2.75) is 6.92 Å². The van der Waals surface area contributed by atoms with Crippen molar-refractivity contribution in [3.63, 3.8) is 0 Å². The van der Waals surface area contributed by atoms with Crippen LogP contribution in [-0.4, -0.2) is 53.9 Å². The van der Waals surface area contributed by atoms with Gasteiger partial charge in [-0.3, -0.25) is 4.55 Å². The van der Waals surface area contributed by atoms with Crippen molar-refractivity contribution in [1.82, 2.24) is 9.88 Å². The van der Waals surface area contributed by atoms with E-state index < -0.39 is 10.1 Å². The molecule has 2 heterocycles. The molecule has 0 spiro atoms. The quantitative estimate of drug-likeness (QED) is 0.621. The summed E-state index contributed by atoms with van der Waals surface area (Å²) in [6.07, 6.45) is 0. The lowest BCUT2D eigenvalue weighted by Crippen LogP contribution is -2.53. The average molecular weight is 331 g/mol. The van der Waals surface area contributed by atoms with Crippen molar-refractivity contribution in [1.29, 1.82) is 0 Å². The fourth-order valence-electron chi connectivity index (χ4n) is 2.12. The SMILES string of the molecule is COc1ccc(NC(=S)N2CC(CS(=O)(=O)O)C2)c(C)n1. The summed E-state index contributed by atoms with van der Waals surface area (Å²) in [5.41, 5.74) is 1.53. The minimum absolute atomic E-state index is 0.0881. The topological polar surface area (TPSA) is 91.8 Å². The molecule has 0 atom stereocenters. The molecule has 2 rings (SSSR count). The molecule has 0 aliphatic carbocycles. The Morgan fingerprint density at radius 2 is 2.24 bits per heavy atom. The van der Waals surface area contributed by atoms with E-state index in [0.717, 1.165) is 11.4 Å². The Morgan fingerprint density at radius 1 is 1.57 bits per heavy atom. The molecule has 0 unspecified atom stereocenters. The first-order chi connectivity index (χ1) is 9.78. The van der Waals surface area contributed by atoms with Gasteiger partial charge in [-0.05, 0) is 25.2 Å². The van der Waals surface area contributed by atoms with Crippen LogP contribution in [0.2, 0.25) is 0 Å². The van der Waals surface area contributed by atoms with Gasteiger partial charge >= 0.3 is 0 Å². The number of hydrogen-bond acceptors (Lipinski definition) is 5. The van der Waals surface area contributed by atoms with Gasteiger partial charge in [-0.25, -0.2) is 4.98 Å². The third kappa shape index (κ3) is 4.26. The second kappa shape index (κ2) is 6.12. The highest BCUT2D eigenvalue weighted by Crippen LogP contribution is 2.21. The lowest BCUT2D eigenvalue weighted by molar-refractivity contribution is 0.208. The molecule has 1 aromatic rings. The number of aromatic nitrogens is 1. The summed E-state index contributed by atoms with van der Waals surface area (Å²) < 4.78 is 35.4. The lowest BCUT2D eigenvalue weighted by Gasteiger charge is -2.40. The number of ether oxygens (including phenoxy) is 1. The molecular weight excluding hydrogens is 314 g/mol. The summed E-state index contributed by atoms with van der Waals surface area (Å²) in [6, 6.07) is 3.55. The maximum atomic E-state index is 10.8. The van der Waals surface area contributed by atoms with E-state index in [9.17, 15) is 8.42 Å². The van der Waals surface area contributed by atoms with Crippen molar-refractivity contribution in [3.05, 3.63) is 17.8 Å². The van der Waals surface area contributed by atoms with E-state index in [1.165, 1.54) is 0 Å². The molecule has 0 amide bonds. The van der Waals surface area contributed by atoms with Gasteiger partial charge in [0.15, 0.2) is 5.11 Å². The van der Waals surface area contributed by atoms with E-state index in [0.29, 0.717) is 24.1 Å². The van der Waals surface area contributed by atoms with Crippen molar-refractivity contribution in [2.75, 3.05) is 31.3 Å². The zero-order valence-corrected chi connectivity index (χ0v) is 13.4. The maximum Gasteiger partial charge on any atom is 0.265 e. The molecule has 2 N–H and O–H groups in total. The normalized spacial score (nSPS) is 15.5. The number of likely N-dealkylation sites (tertiary alicyclic amines) is 1. The first-order valence-corrected chi connectivity index (χ1v) is 8.33. The Hall–Kier alpha value is -1.45. The second-order valence-electron chi connectivity index (χ2n) is 4.94. The number of methoxy groups -OCH3 is 1. The molecule has 116 valence electrons. The van der Waals surface area contributed by atoms with Crippen LogP contribution >= 0.6 is 12.2 Å². The van der Waals surface area contributed by atoms with E-state index in [4.69, 9.17) is 21.5 Å². The van der Waals surface area contributed by atoms with Crippen LogP contribution in [0.4, 0.5) is 5.69 Å². The van der Waals surface area contributed by atoms with Crippen LogP contribution in [0.3, 0.4) is 0 Å². The third-order valence-electron chi connectivity index (χ3n) is 3.20. The minimum Gasteiger partial charge on any atom is -0.481 e. The molecule has 1 fully saturated rings. The van der Waals surface area contributed by atoms with Gasteiger partial charge in [-0.15, -0.1) is 0 Å². The number of anilines is 1. The molecule has 0 aromatic carbocycles. The fourth-order valence-corrected chi connectivity index (χ4v) is 3.18. The molecule has 1 aliphatic heterocycles. The molecule has 1 aliphatic rings.